The van der Waals surface area contributed by atoms with Crippen LogP contribution in [0, 0.1) is 25.5 Å². The summed E-state index contributed by atoms with van der Waals surface area (Å²) in [5.41, 5.74) is 1.14. The Kier molecular flexibility index (Phi) is 3.61. The van der Waals surface area contributed by atoms with Gasteiger partial charge in [-0.1, -0.05) is 6.07 Å². The van der Waals surface area contributed by atoms with E-state index >= 15 is 0 Å². The molecule has 0 aliphatic rings. The van der Waals surface area contributed by atoms with Crippen LogP contribution in [0.2, 0.25) is 0 Å². The minimum absolute atomic E-state index is 0.177. The van der Waals surface area contributed by atoms with Gasteiger partial charge in [0.05, 0.1) is 0 Å². The lowest BCUT2D eigenvalue weighted by Crippen LogP contribution is -2.01. The van der Waals surface area contributed by atoms with Gasteiger partial charge in [0.1, 0.15) is 17.3 Å². The summed E-state index contributed by atoms with van der Waals surface area (Å²) in [6.45, 7) is 3.46. The monoisotopic (exact) mass is 312 g/mol. The number of aryl methyl sites for hydroxylation is 2. The highest BCUT2D eigenvalue weighted by Gasteiger charge is 2.12. The zero-order chi connectivity index (χ0) is 13.3. The first-order chi connectivity index (χ1) is 8.49. The Balaban J connectivity index is 2.39. The van der Waals surface area contributed by atoms with Gasteiger partial charge in [-0.3, -0.25) is 0 Å². The van der Waals surface area contributed by atoms with Crippen LogP contribution < -0.4 is 5.32 Å². The van der Waals surface area contributed by atoms with E-state index in [1.807, 2.05) is 6.92 Å². The van der Waals surface area contributed by atoms with Crippen LogP contribution in [0.1, 0.15) is 11.1 Å². The number of pyridine rings is 1. The normalized spacial score (nSPS) is 10.5. The van der Waals surface area contributed by atoms with E-state index < -0.39 is 11.6 Å². The molecule has 2 aromatic rings. The SMILES string of the molecule is Cc1cc(Nc2c(F)ccc(C)c2F)ncc1Br. The zero-order valence-electron chi connectivity index (χ0n) is 9.89. The molecular formula is C13H11BrF2N2. The van der Waals surface area contributed by atoms with Crippen molar-refractivity contribution in [1.82, 2.24) is 4.98 Å². The molecule has 0 aliphatic carbocycles. The van der Waals surface area contributed by atoms with Gasteiger partial charge in [-0.2, -0.15) is 0 Å². The van der Waals surface area contributed by atoms with Crippen LogP contribution in [0.4, 0.5) is 20.3 Å². The number of nitrogens with zero attached hydrogens (tertiary/aromatic N) is 1. The molecule has 2 nitrogen and oxygen atoms in total. The van der Waals surface area contributed by atoms with Crippen molar-refractivity contribution >= 4 is 27.4 Å². The molecule has 1 aromatic carbocycles. The second-order valence-corrected chi connectivity index (χ2v) is 4.85. The van der Waals surface area contributed by atoms with Crippen molar-refractivity contribution in [1.29, 1.82) is 0 Å². The molecule has 0 radical (unpaired) electrons. The minimum atomic E-state index is -0.638. The van der Waals surface area contributed by atoms with Gasteiger partial charge in [-0.15, -0.1) is 0 Å². The molecule has 1 aromatic heterocycles. The Hall–Kier alpha value is -1.49. The second-order valence-electron chi connectivity index (χ2n) is 4.00. The summed E-state index contributed by atoms with van der Waals surface area (Å²) in [6.07, 6.45) is 1.59. The third-order valence-electron chi connectivity index (χ3n) is 2.58. The maximum absolute atomic E-state index is 13.8. The third kappa shape index (κ3) is 2.51. The number of hydrogen-bond acceptors (Lipinski definition) is 2. The van der Waals surface area contributed by atoms with Crippen LogP contribution in [-0.4, -0.2) is 4.98 Å². The topological polar surface area (TPSA) is 24.9 Å². The number of hydrogen-bond donors (Lipinski definition) is 1. The molecule has 5 heteroatoms. The van der Waals surface area contributed by atoms with Gasteiger partial charge >= 0.3 is 0 Å². The first-order valence-electron chi connectivity index (χ1n) is 5.33. The highest BCUT2D eigenvalue weighted by atomic mass is 79.9. The van der Waals surface area contributed by atoms with Crippen LogP contribution in [-0.2, 0) is 0 Å². The first-order valence-corrected chi connectivity index (χ1v) is 6.12. The second kappa shape index (κ2) is 5.02. The number of anilines is 2. The van der Waals surface area contributed by atoms with E-state index in [1.165, 1.54) is 12.1 Å². The lowest BCUT2D eigenvalue weighted by atomic mass is 10.2. The maximum atomic E-state index is 13.8. The summed E-state index contributed by atoms with van der Waals surface area (Å²) >= 11 is 3.32. The largest absolute Gasteiger partial charge is 0.335 e. The molecule has 1 N–H and O–H groups in total. The predicted molar refractivity (Wildman–Crippen MR) is 71.1 cm³/mol. The van der Waals surface area contributed by atoms with Crippen molar-refractivity contribution in [2.24, 2.45) is 0 Å². The van der Waals surface area contributed by atoms with Gasteiger partial charge in [0.2, 0.25) is 0 Å². The highest BCUT2D eigenvalue weighted by Crippen LogP contribution is 2.26. The van der Waals surface area contributed by atoms with Crippen molar-refractivity contribution < 1.29 is 8.78 Å². The summed E-state index contributed by atoms with van der Waals surface area (Å²) < 4.78 is 28.2. The van der Waals surface area contributed by atoms with Crippen molar-refractivity contribution in [3.05, 3.63) is 51.6 Å². The molecule has 0 saturated carbocycles. The zero-order valence-corrected chi connectivity index (χ0v) is 11.5. The van der Waals surface area contributed by atoms with Crippen LogP contribution >= 0.6 is 15.9 Å². The smallest absolute Gasteiger partial charge is 0.152 e. The highest BCUT2D eigenvalue weighted by molar-refractivity contribution is 9.10. The number of rotatable bonds is 2. The Morgan fingerprint density at radius 3 is 2.56 bits per heavy atom. The van der Waals surface area contributed by atoms with E-state index in [2.05, 4.69) is 26.2 Å². The van der Waals surface area contributed by atoms with Crippen molar-refractivity contribution in [3.8, 4) is 0 Å². The molecule has 0 bridgehead atoms. The van der Waals surface area contributed by atoms with Crippen LogP contribution in [0.5, 0.6) is 0 Å². The van der Waals surface area contributed by atoms with E-state index in [0.29, 0.717) is 11.4 Å². The van der Waals surface area contributed by atoms with Gasteiger partial charge in [0.25, 0.3) is 0 Å². The molecule has 0 saturated heterocycles. The molecule has 0 atom stereocenters. The number of benzene rings is 1. The van der Waals surface area contributed by atoms with Gasteiger partial charge in [0.15, 0.2) is 5.82 Å². The molecular weight excluding hydrogens is 302 g/mol. The minimum Gasteiger partial charge on any atom is -0.335 e. The molecule has 1 heterocycles. The molecule has 2 rings (SSSR count). The quantitative estimate of drug-likeness (QED) is 0.884. The van der Waals surface area contributed by atoms with E-state index in [9.17, 15) is 8.78 Å². The summed E-state index contributed by atoms with van der Waals surface area (Å²) in [6, 6.07) is 4.34. The van der Waals surface area contributed by atoms with E-state index in [1.54, 1.807) is 19.2 Å². The standard InChI is InChI=1S/C13H11BrF2N2/c1-7-3-4-10(15)13(12(7)16)18-11-5-8(2)9(14)6-17-11/h3-6H,1-2H3,(H,17,18). The van der Waals surface area contributed by atoms with Crippen LogP contribution in [0.15, 0.2) is 28.9 Å². The van der Waals surface area contributed by atoms with Gasteiger partial charge < -0.3 is 5.32 Å². The number of halogens is 3. The summed E-state index contributed by atoms with van der Waals surface area (Å²) in [7, 11) is 0. The van der Waals surface area contributed by atoms with Crippen LogP contribution in [0.25, 0.3) is 0 Å². The predicted octanol–water partition coefficient (Wildman–Crippen LogP) is 4.48. The maximum Gasteiger partial charge on any atom is 0.152 e. The van der Waals surface area contributed by atoms with Gasteiger partial charge in [0, 0.05) is 10.7 Å². The summed E-state index contributed by atoms with van der Waals surface area (Å²) in [5, 5.41) is 2.67. The molecule has 0 amide bonds. The summed E-state index contributed by atoms with van der Waals surface area (Å²) in [4.78, 5) is 4.05. The van der Waals surface area contributed by atoms with Gasteiger partial charge in [-0.25, -0.2) is 13.8 Å². The van der Waals surface area contributed by atoms with Crippen molar-refractivity contribution in [3.63, 3.8) is 0 Å². The Morgan fingerprint density at radius 2 is 1.89 bits per heavy atom. The fraction of sp³-hybridized carbons (Fsp3) is 0.154. The number of aromatic nitrogens is 1. The average molecular weight is 313 g/mol. The molecule has 0 aliphatic heterocycles. The lowest BCUT2D eigenvalue weighted by molar-refractivity contribution is 0.584. The van der Waals surface area contributed by atoms with Gasteiger partial charge in [-0.05, 0) is 53.0 Å². The van der Waals surface area contributed by atoms with Crippen LogP contribution in [0.3, 0.4) is 0 Å². The molecule has 0 spiro atoms. The first kappa shape index (κ1) is 13.0. The fourth-order valence-corrected chi connectivity index (χ4v) is 1.72. The number of nitrogens with one attached hydrogen (secondary N) is 1. The lowest BCUT2D eigenvalue weighted by Gasteiger charge is -2.10. The van der Waals surface area contributed by atoms with E-state index in [-0.39, 0.29) is 5.69 Å². The third-order valence-corrected chi connectivity index (χ3v) is 3.41. The molecule has 18 heavy (non-hydrogen) atoms. The fourth-order valence-electron chi connectivity index (χ4n) is 1.51. The molecule has 0 unspecified atom stereocenters. The Labute approximate surface area is 112 Å². The molecule has 0 fully saturated rings. The van der Waals surface area contributed by atoms with E-state index in [0.717, 1.165) is 10.0 Å². The Bertz CT molecular complexity index is 600. The van der Waals surface area contributed by atoms with E-state index in [4.69, 9.17) is 0 Å². The molecule has 94 valence electrons. The average Bonchev–Trinajstić information content (AvgIpc) is 2.34. The van der Waals surface area contributed by atoms with Crippen molar-refractivity contribution in [2.45, 2.75) is 13.8 Å². The Morgan fingerprint density at radius 1 is 1.17 bits per heavy atom. The van der Waals surface area contributed by atoms with Crippen molar-refractivity contribution in [2.75, 3.05) is 5.32 Å². The summed E-state index contributed by atoms with van der Waals surface area (Å²) in [5.74, 6) is -0.836.